The van der Waals surface area contributed by atoms with Crippen LogP contribution >= 0.6 is 11.6 Å². The van der Waals surface area contributed by atoms with Crippen LogP contribution in [0.15, 0.2) is 29.3 Å². The normalized spacial score (nSPS) is 12.1. The first-order chi connectivity index (χ1) is 8.15. The van der Waals surface area contributed by atoms with E-state index in [0.29, 0.717) is 12.4 Å². The molecule has 1 rings (SSSR count). The molecule has 0 saturated carbocycles. The lowest BCUT2D eigenvalue weighted by Gasteiger charge is -2.15. The minimum atomic E-state index is 0.160. The number of aliphatic hydroxyl groups is 1. The molecule has 0 bridgehead atoms. The van der Waals surface area contributed by atoms with Crippen LogP contribution < -0.4 is 5.73 Å². The Kier molecular flexibility index (Phi) is 5.97. The van der Waals surface area contributed by atoms with Gasteiger partial charge in [0, 0.05) is 13.1 Å². The van der Waals surface area contributed by atoms with Crippen molar-refractivity contribution in [2.24, 2.45) is 10.7 Å². The number of aliphatic imine (C=N–C) groups is 1. The first-order valence-electron chi connectivity index (χ1n) is 5.43. The number of benzene rings is 1. The van der Waals surface area contributed by atoms with E-state index >= 15 is 0 Å². The SMILES string of the molecule is CN(CCO)Cc1cccc(N=C(N)CCl)c1. The van der Waals surface area contributed by atoms with Gasteiger partial charge in [-0.25, -0.2) is 4.99 Å². The Morgan fingerprint density at radius 3 is 2.94 bits per heavy atom. The molecule has 0 atom stereocenters. The molecule has 0 spiro atoms. The second kappa shape index (κ2) is 7.27. The topological polar surface area (TPSA) is 61.8 Å². The molecule has 0 amide bonds. The Morgan fingerprint density at radius 1 is 1.53 bits per heavy atom. The second-order valence-electron chi connectivity index (χ2n) is 3.87. The molecule has 94 valence electrons. The lowest BCUT2D eigenvalue weighted by Crippen LogP contribution is -2.21. The number of hydrogen-bond acceptors (Lipinski definition) is 3. The van der Waals surface area contributed by atoms with Crippen LogP contribution in [-0.4, -0.2) is 41.9 Å². The van der Waals surface area contributed by atoms with Gasteiger partial charge < -0.3 is 10.8 Å². The average molecular weight is 256 g/mol. The molecule has 0 fully saturated rings. The molecular weight excluding hydrogens is 238 g/mol. The molecule has 4 nitrogen and oxygen atoms in total. The molecule has 5 heteroatoms. The van der Waals surface area contributed by atoms with Gasteiger partial charge >= 0.3 is 0 Å². The smallest absolute Gasteiger partial charge is 0.115 e. The molecule has 1 aromatic carbocycles. The number of hydrogen-bond donors (Lipinski definition) is 2. The zero-order valence-corrected chi connectivity index (χ0v) is 10.7. The molecule has 0 aliphatic rings. The summed E-state index contributed by atoms with van der Waals surface area (Å²) in [5, 5.41) is 8.83. The first kappa shape index (κ1) is 14.0. The Morgan fingerprint density at radius 2 is 2.29 bits per heavy atom. The fraction of sp³-hybridized carbons (Fsp3) is 0.417. The number of likely N-dealkylation sites (N-methyl/N-ethyl adjacent to an activating group) is 1. The highest BCUT2D eigenvalue weighted by atomic mass is 35.5. The van der Waals surface area contributed by atoms with Crippen LogP contribution in [0, 0.1) is 0 Å². The van der Waals surface area contributed by atoms with Crippen LogP contribution in [-0.2, 0) is 6.54 Å². The summed E-state index contributed by atoms with van der Waals surface area (Å²) in [5.74, 6) is 0.641. The van der Waals surface area contributed by atoms with Crippen LogP contribution in [0.25, 0.3) is 0 Å². The molecule has 17 heavy (non-hydrogen) atoms. The summed E-state index contributed by atoms with van der Waals surface area (Å²) >= 11 is 5.58. The van der Waals surface area contributed by atoms with Gasteiger partial charge in [-0.1, -0.05) is 12.1 Å². The quantitative estimate of drug-likeness (QED) is 0.458. The van der Waals surface area contributed by atoms with Gasteiger partial charge in [-0.05, 0) is 24.7 Å². The van der Waals surface area contributed by atoms with E-state index in [-0.39, 0.29) is 12.5 Å². The van der Waals surface area contributed by atoms with E-state index < -0.39 is 0 Å². The molecule has 0 aromatic heterocycles. The van der Waals surface area contributed by atoms with Crippen molar-refractivity contribution in [3.63, 3.8) is 0 Å². The number of halogens is 1. The second-order valence-corrected chi connectivity index (χ2v) is 4.14. The van der Waals surface area contributed by atoms with Crippen LogP contribution in [0.1, 0.15) is 5.56 Å². The average Bonchev–Trinajstić information content (AvgIpc) is 2.29. The van der Waals surface area contributed by atoms with Gasteiger partial charge in [0.2, 0.25) is 0 Å². The summed E-state index contributed by atoms with van der Waals surface area (Å²) in [6.45, 7) is 1.58. The number of amidine groups is 1. The van der Waals surface area contributed by atoms with Crippen molar-refractivity contribution in [2.75, 3.05) is 26.1 Å². The zero-order chi connectivity index (χ0) is 12.7. The molecule has 0 unspecified atom stereocenters. The maximum Gasteiger partial charge on any atom is 0.115 e. The van der Waals surface area contributed by atoms with Gasteiger partial charge in [0.15, 0.2) is 0 Å². The minimum absolute atomic E-state index is 0.160. The summed E-state index contributed by atoms with van der Waals surface area (Å²) in [5.41, 5.74) is 7.51. The van der Waals surface area contributed by atoms with E-state index in [9.17, 15) is 0 Å². The van der Waals surface area contributed by atoms with E-state index in [4.69, 9.17) is 22.4 Å². The number of alkyl halides is 1. The Bertz CT molecular complexity index is 382. The van der Waals surface area contributed by atoms with E-state index in [1.54, 1.807) is 0 Å². The zero-order valence-electron chi connectivity index (χ0n) is 9.93. The molecule has 3 N–H and O–H groups in total. The van der Waals surface area contributed by atoms with Gasteiger partial charge in [0.05, 0.1) is 18.2 Å². The van der Waals surface area contributed by atoms with Crippen molar-refractivity contribution in [3.05, 3.63) is 29.8 Å². The van der Waals surface area contributed by atoms with Gasteiger partial charge in [-0.3, -0.25) is 4.90 Å². The number of nitrogens with zero attached hydrogens (tertiary/aromatic N) is 2. The van der Waals surface area contributed by atoms with Crippen molar-refractivity contribution < 1.29 is 5.11 Å². The van der Waals surface area contributed by atoms with E-state index in [2.05, 4.69) is 4.99 Å². The largest absolute Gasteiger partial charge is 0.395 e. The molecular formula is C12H18ClN3O. The standard InChI is InChI=1S/C12H18ClN3O/c1-16(5-6-17)9-10-3-2-4-11(7-10)15-12(14)8-13/h2-4,7,17H,5-6,8-9H2,1H3,(H2,14,15). The summed E-state index contributed by atoms with van der Waals surface area (Å²) in [6.07, 6.45) is 0. The molecule has 0 heterocycles. The third-order valence-electron chi connectivity index (χ3n) is 2.25. The van der Waals surface area contributed by atoms with Crippen LogP contribution in [0.3, 0.4) is 0 Å². The number of rotatable bonds is 6. The third-order valence-corrected chi connectivity index (χ3v) is 2.53. The summed E-state index contributed by atoms with van der Waals surface area (Å²) in [4.78, 5) is 6.22. The predicted octanol–water partition coefficient (Wildman–Crippen LogP) is 1.34. The first-order valence-corrected chi connectivity index (χ1v) is 5.96. The molecule has 0 aliphatic carbocycles. The fourth-order valence-corrected chi connectivity index (χ4v) is 1.54. The fourth-order valence-electron chi connectivity index (χ4n) is 1.48. The Hall–Kier alpha value is -1.10. The highest BCUT2D eigenvalue weighted by Gasteiger charge is 2.00. The Labute approximate surface area is 107 Å². The van der Waals surface area contributed by atoms with E-state index in [1.165, 1.54) is 0 Å². The Balaban J connectivity index is 2.72. The van der Waals surface area contributed by atoms with Crippen LogP contribution in [0.4, 0.5) is 5.69 Å². The van der Waals surface area contributed by atoms with Gasteiger partial charge in [0.1, 0.15) is 5.84 Å². The summed E-state index contributed by atoms with van der Waals surface area (Å²) in [6, 6.07) is 7.80. The third kappa shape index (κ3) is 5.17. The monoisotopic (exact) mass is 255 g/mol. The maximum absolute atomic E-state index is 8.83. The maximum atomic E-state index is 8.83. The van der Waals surface area contributed by atoms with Gasteiger partial charge in [0.25, 0.3) is 0 Å². The highest BCUT2D eigenvalue weighted by molar-refractivity contribution is 6.28. The summed E-state index contributed by atoms with van der Waals surface area (Å²) < 4.78 is 0. The van der Waals surface area contributed by atoms with Crippen LogP contribution in [0.2, 0.25) is 0 Å². The van der Waals surface area contributed by atoms with Gasteiger partial charge in [-0.2, -0.15) is 0 Å². The molecule has 0 radical (unpaired) electrons. The van der Waals surface area contributed by atoms with Crippen LogP contribution in [0.5, 0.6) is 0 Å². The van der Waals surface area contributed by atoms with Crippen molar-refractivity contribution in [1.82, 2.24) is 4.90 Å². The number of aliphatic hydroxyl groups excluding tert-OH is 1. The van der Waals surface area contributed by atoms with Crippen molar-refractivity contribution >= 4 is 23.1 Å². The highest BCUT2D eigenvalue weighted by Crippen LogP contribution is 2.15. The minimum Gasteiger partial charge on any atom is -0.395 e. The lowest BCUT2D eigenvalue weighted by molar-refractivity contribution is 0.217. The molecule has 0 aliphatic heterocycles. The van der Waals surface area contributed by atoms with Crippen molar-refractivity contribution in [1.29, 1.82) is 0 Å². The number of nitrogens with two attached hydrogens (primary N) is 1. The van der Waals surface area contributed by atoms with E-state index in [0.717, 1.165) is 17.8 Å². The molecule has 0 saturated heterocycles. The van der Waals surface area contributed by atoms with Crippen molar-refractivity contribution in [2.45, 2.75) is 6.54 Å². The molecule has 1 aromatic rings. The predicted molar refractivity (Wildman–Crippen MR) is 71.9 cm³/mol. The van der Waals surface area contributed by atoms with Crippen molar-refractivity contribution in [3.8, 4) is 0 Å². The lowest BCUT2D eigenvalue weighted by atomic mass is 10.2. The van der Waals surface area contributed by atoms with Gasteiger partial charge in [-0.15, -0.1) is 11.6 Å². The summed E-state index contributed by atoms with van der Waals surface area (Å²) in [7, 11) is 1.96. The van der Waals surface area contributed by atoms with E-state index in [1.807, 2.05) is 36.2 Å².